The van der Waals surface area contributed by atoms with Crippen LogP contribution < -0.4 is 25.0 Å². The second-order valence-electron chi connectivity index (χ2n) is 10.2. The van der Waals surface area contributed by atoms with Gasteiger partial charge in [0.25, 0.3) is 0 Å². The van der Waals surface area contributed by atoms with E-state index in [0.717, 1.165) is 11.6 Å². The van der Waals surface area contributed by atoms with Gasteiger partial charge in [-0.15, -0.1) is 0 Å². The van der Waals surface area contributed by atoms with Crippen LogP contribution in [0.25, 0.3) is 11.0 Å². The van der Waals surface area contributed by atoms with Crippen LogP contribution in [0.3, 0.4) is 0 Å². The number of ether oxygens (including phenoxy) is 4. The summed E-state index contributed by atoms with van der Waals surface area (Å²) < 4.78 is 27.5. The van der Waals surface area contributed by atoms with E-state index < -0.39 is 34.9 Å². The molecular weight excluding hydrogens is 530 g/mol. The summed E-state index contributed by atoms with van der Waals surface area (Å²) in [5.74, 6) is -0.341. The number of carbonyl (C=O) groups is 2. The monoisotopic (exact) mass is 561 g/mol. The lowest BCUT2D eigenvalue weighted by atomic mass is 10.1. The molecule has 1 heterocycles. The molecule has 41 heavy (non-hydrogen) atoms. The van der Waals surface area contributed by atoms with Gasteiger partial charge < -0.3 is 33.8 Å². The Morgan fingerprint density at radius 1 is 0.976 bits per heavy atom. The number of phenols is 1. The Kier molecular flexibility index (Phi) is 8.51. The van der Waals surface area contributed by atoms with Crippen molar-refractivity contribution in [1.82, 2.24) is 5.32 Å². The largest absolute Gasteiger partial charge is 0.507 e. The Morgan fingerprint density at radius 3 is 2.27 bits per heavy atom. The van der Waals surface area contributed by atoms with E-state index in [1.807, 2.05) is 30.3 Å². The first-order valence-electron chi connectivity index (χ1n) is 12.8. The molecule has 0 spiro atoms. The topological polar surface area (TPSA) is 134 Å². The van der Waals surface area contributed by atoms with Gasteiger partial charge >= 0.3 is 12.1 Å². The van der Waals surface area contributed by atoms with E-state index in [9.17, 15) is 19.5 Å². The van der Waals surface area contributed by atoms with Crippen LogP contribution in [0.15, 0.2) is 75.9 Å². The first-order valence-corrected chi connectivity index (χ1v) is 12.8. The van der Waals surface area contributed by atoms with Crippen molar-refractivity contribution in [2.24, 2.45) is 0 Å². The van der Waals surface area contributed by atoms with E-state index in [0.29, 0.717) is 11.5 Å². The maximum Gasteiger partial charge on any atom is 0.408 e. The molecule has 0 unspecified atom stereocenters. The highest BCUT2D eigenvalue weighted by atomic mass is 16.6. The SMILES string of the molecule is COc1ccc(Oc2c(C)oc3cc(OC(=O)[C@@H](Cc4ccccc4)NC(=O)OC(C)(C)C)cc(O)c3c2=O)cc1. The third-order valence-corrected chi connectivity index (χ3v) is 5.83. The predicted molar refractivity (Wildman–Crippen MR) is 151 cm³/mol. The van der Waals surface area contributed by atoms with E-state index in [-0.39, 0.29) is 34.6 Å². The van der Waals surface area contributed by atoms with Crippen LogP contribution >= 0.6 is 0 Å². The Bertz CT molecular complexity index is 1600. The van der Waals surface area contributed by atoms with Gasteiger partial charge in [0.15, 0.2) is 0 Å². The van der Waals surface area contributed by atoms with E-state index >= 15 is 0 Å². The number of carbonyl (C=O) groups excluding carboxylic acids is 2. The molecule has 1 atom stereocenters. The first kappa shape index (κ1) is 29.0. The molecule has 0 radical (unpaired) electrons. The molecule has 0 aliphatic carbocycles. The van der Waals surface area contributed by atoms with Gasteiger partial charge in [-0.2, -0.15) is 0 Å². The molecule has 2 N–H and O–H groups in total. The lowest BCUT2D eigenvalue weighted by Gasteiger charge is -2.23. The molecule has 4 aromatic rings. The fourth-order valence-electron chi connectivity index (χ4n) is 3.99. The van der Waals surface area contributed by atoms with Crippen LogP contribution in [0, 0.1) is 6.92 Å². The molecule has 10 nitrogen and oxygen atoms in total. The van der Waals surface area contributed by atoms with Gasteiger partial charge in [0.1, 0.15) is 51.4 Å². The Hall–Kier alpha value is -4.99. The molecule has 214 valence electrons. The van der Waals surface area contributed by atoms with E-state index in [2.05, 4.69) is 5.32 Å². The second-order valence-corrected chi connectivity index (χ2v) is 10.2. The number of fused-ring (bicyclic) bond motifs is 1. The van der Waals surface area contributed by atoms with Crippen LogP contribution in [0.4, 0.5) is 4.79 Å². The minimum Gasteiger partial charge on any atom is -0.507 e. The van der Waals surface area contributed by atoms with E-state index in [1.165, 1.54) is 20.1 Å². The number of esters is 1. The quantitative estimate of drug-likeness (QED) is 0.207. The number of phenolic OH excluding ortho intramolecular Hbond substituents is 1. The number of rotatable bonds is 8. The standard InChI is InChI=1S/C31H31NO9/c1-18-28(39-21-13-11-20(37-5)12-14-21)27(34)26-24(33)16-22(17-25(26)38-18)40-29(35)23(15-19-9-7-6-8-10-19)32-30(36)41-31(2,3)4/h6-14,16-17,23,33H,15H2,1-5H3,(H,32,36)/t23-/m1/s1. The minimum absolute atomic E-state index is 0.0166. The van der Waals surface area contributed by atoms with Gasteiger partial charge in [0, 0.05) is 18.6 Å². The van der Waals surface area contributed by atoms with Crippen molar-refractivity contribution < 1.29 is 38.1 Å². The normalized spacial score (nSPS) is 11.9. The molecule has 3 aromatic carbocycles. The maximum atomic E-state index is 13.2. The average Bonchev–Trinajstić information content (AvgIpc) is 2.90. The van der Waals surface area contributed by atoms with Crippen molar-refractivity contribution in [3.8, 4) is 28.7 Å². The highest BCUT2D eigenvalue weighted by molar-refractivity contribution is 5.88. The molecule has 0 bridgehead atoms. The molecular formula is C31H31NO9. The number of hydrogen-bond acceptors (Lipinski definition) is 9. The van der Waals surface area contributed by atoms with Crippen molar-refractivity contribution >= 4 is 23.0 Å². The van der Waals surface area contributed by atoms with Crippen molar-refractivity contribution in [2.45, 2.75) is 45.8 Å². The molecule has 0 aliphatic heterocycles. The predicted octanol–water partition coefficient (Wildman–Crippen LogP) is 5.65. The zero-order valence-electron chi connectivity index (χ0n) is 23.3. The van der Waals surface area contributed by atoms with Gasteiger partial charge in [0.05, 0.1) is 7.11 Å². The Balaban J connectivity index is 1.60. The van der Waals surface area contributed by atoms with Crippen LogP contribution in [-0.2, 0) is 16.0 Å². The van der Waals surface area contributed by atoms with Gasteiger partial charge in [-0.1, -0.05) is 30.3 Å². The number of alkyl carbamates (subject to hydrolysis) is 1. The molecule has 4 rings (SSSR count). The Morgan fingerprint density at radius 2 is 1.63 bits per heavy atom. The summed E-state index contributed by atoms with van der Waals surface area (Å²) >= 11 is 0. The summed E-state index contributed by atoms with van der Waals surface area (Å²) in [4.78, 5) is 38.9. The number of nitrogens with one attached hydrogen (secondary N) is 1. The number of hydrogen-bond donors (Lipinski definition) is 2. The average molecular weight is 562 g/mol. The first-order chi connectivity index (χ1) is 19.4. The summed E-state index contributed by atoms with van der Waals surface area (Å²) in [5.41, 5.74) is -0.626. The van der Waals surface area contributed by atoms with Gasteiger partial charge in [-0.05, 0) is 57.5 Å². The molecule has 10 heteroatoms. The smallest absolute Gasteiger partial charge is 0.408 e. The van der Waals surface area contributed by atoms with E-state index in [4.69, 9.17) is 23.4 Å². The fourth-order valence-corrected chi connectivity index (χ4v) is 3.99. The van der Waals surface area contributed by atoms with Gasteiger partial charge in [-0.25, -0.2) is 9.59 Å². The van der Waals surface area contributed by atoms with E-state index in [1.54, 1.807) is 45.0 Å². The number of amides is 1. The van der Waals surface area contributed by atoms with Crippen LogP contribution in [0.2, 0.25) is 0 Å². The zero-order valence-corrected chi connectivity index (χ0v) is 23.3. The molecule has 0 saturated carbocycles. The number of methoxy groups -OCH3 is 1. The van der Waals surface area contributed by atoms with Crippen LogP contribution in [-0.4, -0.2) is 35.9 Å². The highest BCUT2D eigenvalue weighted by Crippen LogP contribution is 2.33. The number of benzene rings is 3. The third kappa shape index (κ3) is 7.36. The second kappa shape index (κ2) is 12.0. The lowest BCUT2D eigenvalue weighted by Crippen LogP contribution is -2.46. The maximum absolute atomic E-state index is 13.2. The molecule has 0 saturated heterocycles. The molecule has 0 fully saturated rings. The van der Waals surface area contributed by atoms with Crippen molar-refractivity contribution in [2.75, 3.05) is 7.11 Å². The van der Waals surface area contributed by atoms with Gasteiger partial charge in [0.2, 0.25) is 11.2 Å². The molecule has 0 aliphatic rings. The molecule has 1 aromatic heterocycles. The van der Waals surface area contributed by atoms with Crippen LogP contribution in [0.1, 0.15) is 32.1 Å². The Labute approximate surface area is 236 Å². The summed E-state index contributed by atoms with van der Waals surface area (Å²) in [5, 5.41) is 13.1. The summed E-state index contributed by atoms with van der Waals surface area (Å²) in [6.07, 6.45) is -0.665. The highest BCUT2D eigenvalue weighted by Gasteiger charge is 2.27. The minimum atomic E-state index is -1.11. The summed E-state index contributed by atoms with van der Waals surface area (Å²) in [7, 11) is 1.53. The summed E-state index contributed by atoms with van der Waals surface area (Å²) in [6, 6.07) is 17.0. The van der Waals surface area contributed by atoms with Crippen LogP contribution in [0.5, 0.6) is 28.7 Å². The lowest BCUT2D eigenvalue weighted by molar-refractivity contribution is -0.136. The molecule has 1 amide bonds. The van der Waals surface area contributed by atoms with Crippen molar-refractivity contribution in [3.05, 3.63) is 88.3 Å². The van der Waals surface area contributed by atoms with Gasteiger partial charge in [-0.3, -0.25) is 4.79 Å². The zero-order chi connectivity index (χ0) is 29.7. The van der Waals surface area contributed by atoms with Crippen molar-refractivity contribution in [1.29, 1.82) is 0 Å². The number of aromatic hydroxyl groups is 1. The summed E-state index contributed by atoms with van der Waals surface area (Å²) in [6.45, 7) is 6.66. The number of aryl methyl sites for hydroxylation is 1. The fraction of sp³-hybridized carbons (Fsp3) is 0.258. The third-order valence-electron chi connectivity index (χ3n) is 5.83. The van der Waals surface area contributed by atoms with Crippen molar-refractivity contribution in [3.63, 3.8) is 0 Å².